The first-order valence-electron chi connectivity index (χ1n) is 9.12. The molecule has 2 fully saturated rings. The van der Waals surface area contributed by atoms with Crippen molar-refractivity contribution in [2.24, 2.45) is 0 Å². The summed E-state index contributed by atoms with van der Waals surface area (Å²) in [5.74, 6) is 0.336. The van der Waals surface area contributed by atoms with Crippen LogP contribution in [0.1, 0.15) is 41.4 Å². The van der Waals surface area contributed by atoms with Crippen LogP contribution in [0.15, 0.2) is 11.4 Å². The molecule has 2 aliphatic heterocycles. The van der Waals surface area contributed by atoms with Crippen molar-refractivity contribution < 1.29 is 14.4 Å². The summed E-state index contributed by atoms with van der Waals surface area (Å²) >= 11 is 1.40. The number of nitrogens with zero attached hydrogens (tertiary/aromatic N) is 3. The number of piperazine rings is 1. The highest BCUT2D eigenvalue weighted by Gasteiger charge is 2.42. The van der Waals surface area contributed by atoms with Crippen LogP contribution in [-0.2, 0) is 16.0 Å². The van der Waals surface area contributed by atoms with E-state index in [-0.39, 0.29) is 23.1 Å². The number of likely N-dealkylation sites (N-methyl/N-ethyl adjacent to an activating group) is 1. The number of hydrogen-bond donors (Lipinski definition) is 0. The number of thiophene rings is 1. The Balaban J connectivity index is 1.69. The average Bonchev–Trinajstić information content (AvgIpc) is 3.02. The van der Waals surface area contributed by atoms with Crippen molar-refractivity contribution in [2.45, 2.75) is 38.1 Å². The van der Waals surface area contributed by atoms with Gasteiger partial charge in [-0.15, -0.1) is 11.3 Å². The molecule has 1 atom stereocenters. The summed E-state index contributed by atoms with van der Waals surface area (Å²) < 4.78 is 0. The molecule has 26 heavy (non-hydrogen) atoms. The molecule has 0 radical (unpaired) electrons. The number of amides is 2. The molecule has 7 heteroatoms. The van der Waals surface area contributed by atoms with E-state index in [4.69, 9.17) is 0 Å². The number of rotatable bonds is 3. The van der Waals surface area contributed by atoms with Crippen LogP contribution < -0.4 is 0 Å². The van der Waals surface area contributed by atoms with Gasteiger partial charge in [0.1, 0.15) is 0 Å². The van der Waals surface area contributed by atoms with Crippen LogP contribution in [0.5, 0.6) is 0 Å². The van der Waals surface area contributed by atoms with Crippen LogP contribution in [0.2, 0.25) is 0 Å². The van der Waals surface area contributed by atoms with Crippen molar-refractivity contribution >= 4 is 28.9 Å². The first-order chi connectivity index (χ1) is 12.3. The molecule has 2 aliphatic rings. The summed E-state index contributed by atoms with van der Waals surface area (Å²) in [5.41, 5.74) is 0.794. The summed E-state index contributed by atoms with van der Waals surface area (Å²) in [7, 11) is 3.96. The van der Waals surface area contributed by atoms with Crippen molar-refractivity contribution in [1.82, 2.24) is 14.7 Å². The third-order valence-electron chi connectivity index (χ3n) is 5.85. The van der Waals surface area contributed by atoms with Gasteiger partial charge in [0.15, 0.2) is 5.78 Å². The fourth-order valence-electron chi connectivity index (χ4n) is 3.91. The molecule has 1 spiro atoms. The summed E-state index contributed by atoms with van der Waals surface area (Å²) in [6.07, 6.45) is 2.56. The van der Waals surface area contributed by atoms with Crippen LogP contribution in [0.4, 0.5) is 0 Å². The zero-order chi connectivity index (χ0) is 18.9. The highest BCUT2D eigenvalue weighted by molar-refractivity contribution is 7.12. The molecule has 0 N–H and O–H groups in total. The van der Waals surface area contributed by atoms with Gasteiger partial charge in [0.2, 0.25) is 11.8 Å². The summed E-state index contributed by atoms with van der Waals surface area (Å²) in [6, 6.07) is 1.83. The van der Waals surface area contributed by atoms with E-state index in [0.29, 0.717) is 30.8 Å². The highest BCUT2D eigenvalue weighted by atomic mass is 32.1. The van der Waals surface area contributed by atoms with Crippen molar-refractivity contribution in [3.8, 4) is 0 Å². The molecule has 2 saturated heterocycles. The third kappa shape index (κ3) is 3.83. The molecule has 142 valence electrons. The lowest BCUT2D eigenvalue weighted by atomic mass is 9.86. The molecule has 0 aliphatic carbocycles. The van der Waals surface area contributed by atoms with Crippen LogP contribution in [0, 0.1) is 0 Å². The number of Topliss-reactive ketones (excluding diaryl/α,β-unsaturated/α-hetero) is 1. The van der Waals surface area contributed by atoms with E-state index in [0.717, 1.165) is 31.5 Å². The predicted molar refractivity (Wildman–Crippen MR) is 101 cm³/mol. The third-order valence-corrected chi connectivity index (χ3v) is 6.93. The first-order valence-corrected chi connectivity index (χ1v) is 10.00. The number of carbonyl (C=O) groups excluding carboxylic acids is 3. The van der Waals surface area contributed by atoms with Gasteiger partial charge in [0.05, 0.1) is 11.3 Å². The average molecular weight is 378 g/mol. The van der Waals surface area contributed by atoms with Crippen molar-refractivity contribution in [1.29, 1.82) is 0 Å². The van der Waals surface area contributed by atoms with Crippen LogP contribution >= 0.6 is 11.3 Å². The van der Waals surface area contributed by atoms with Gasteiger partial charge >= 0.3 is 0 Å². The minimum absolute atomic E-state index is 0.0412. The van der Waals surface area contributed by atoms with E-state index in [1.807, 2.05) is 23.4 Å². The molecular weight excluding hydrogens is 350 g/mol. The van der Waals surface area contributed by atoms with E-state index in [1.165, 1.54) is 11.3 Å². The van der Waals surface area contributed by atoms with E-state index >= 15 is 0 Å². The molecule has 1 aromatic rings. The SMILES string of the molecule is CC(=O)c1cc(CC(=O)N2CCN(C)C3(CCC(=O)N(C)CC3)C2)cs1. The normalized spacial score (nSPS) is 24.8. The second kappa shape index (κ2) is 7.48. The minimum Gasteiger partial charge on any atom is -0.346 e. The van der Waals surface area contributed by atoms with Gasteiger partial charge in [0, 0.05) is 45.2 Å². The van der Waals surface area contributed by atoms with Crippen LogP contribution in [0.25, 0.3) is 0 Å². The van der Waals surface area contributed by atoms with Gasteiger partial charge in [-0.25, -0.2) is 0 Å². The molecule has 2 amide bonds. The van der Waals surface area contributed by atoms with Gasteiger partial charge in [-0.1, -0.05) is 0 Å². The predicted octanol–water partition coefficient (Wildman–Crippen LogP) is 1.65. The largest absolute Gasteiger partial charge is 0.346 e. The Hall–Kier alpha value is -1.73. The van der Waals surface area contributed by atoms with E-state index in [9.17, 15) is 14.4 Å². The quantitative estimate of drug-likeness (QED) is 0.752. The van der Waals surface area contributed by atoms with E-state index in [2.05, 4.69) is 11.9 Å². The van der Waals surface area contributed by atoms with Crippen molar-refractivity contribution in [3.05, 3.63) is 21.9 Å². The van der Waals surface area contributed by atoms with Crippen LogP contribution in [-0.4, -0.2) is 78.1 Å². The topological polar surface area (TPSA) is 60.9 Å². The summed E-state index contributed by atoms with van der Waals surface area (Å²) in [4.78, 5) is 43.1. The lowest BCUT2D eigenvalue weighted by Crippen LogP contribution is -2.62. The molecule has 1 unspecified atom stereocenters. The second-order valence-electron chi connectivity index (χ2n) is 7.58. The molecule has 3 heterocycles. The maximum absolute atomic E-state index is 12.8. The Morgan fingerprint density at radius 2 is 1.96 bits per heavy atom. The molecule has 6 nitrogen and oxygen atoms in total. The van der Waals surface area contributed by atoms with Crippen LogP contribution in [0.3, 0.4) is 0 Å². The van der Waals surface area contributed by atoms with Crippen molar-refractivity contribution in [2.75, 3.05) is 40.3 Å². The molecule has 3 rings (SSSR count). The molecule has 0 saturated carbocycles. The number of likely N-dealkylation sites (tertiary alicyclic amines) is 1. The van der Waals surface area contributed by atoms with Gasteiger partial charge in [-0.3, -0.25) is 19.3 Å². The Morgan fingerprint density at radius 1 is 1.19 bits per heavy atom. The lowest BCUT2D eigenvalue weighted by Gasteiger charge is -2.49. The monoisotopic (exact) mass is 377 g/mol. The molecular formula is C19H27N3O3S. The molecule has 1 aromatic heterocycles. The maximum atomic E-state index is 12.8. The van der Waals surface area contributed by atoms with Gasteiger partial charge in [-0.05, 0) is 43.8 Å². The fourth-order valence-corrected chi connectivity index (χ4v) is 4.73. The standard InChI is InChI=1S/C19H27N3O3S/c1-14(23)16-10-15(12-26-16)11-18(25)22-9-8-21(3)19(13-22)5-4-17(24)20(2)7-6-19/h10,12H,4-9,11,13H2,1-3H3. The number of carbonyl (C=O) groups is 3. The summed E-state index contributed by atoms with van der Waals surface area (Å²) in [5, 5.41) is 1.90. The van der Waals surface area contributed by atoms with Gasteiger partial charge in [-0.2, -0.15) is 0 Å². The highest BCUT2D eigenvalue weighted by Crippen LogP contribution is 2.32. The zero-order valence-electron chi connectivity index (χ0n) is 15.8. The minimum atomic E-state index is -0.118. The number of ketones is 1. The molecule has 0 bridgehead atoms. The Bertz CT molecular complexity index is 717. The van der Waals surface area contributed by atoms with E-state index in [1.54, 1.807) is 11.8 Å². The van der Waals surface area contributed by atoms with Crippen molar-refractivity contribution in [3.63, 3.8) is 0 Å². The Labute approximate surface area is 158 Å². The Kier molecular flexibility index (Phi) is 5.48. The smallest absolute Gasteiger partial charge is 0.227 e. The Morgan fingerprint density at radius 3 is 2.65 bits per heavy atom. The maximum Gasteiger partial charge on any atom is 0.227 e. The van der Waals surface area contributed by atoms with Gasteiger partial charge < -0.3 is 9.80 Å². The zero-order valence-corrected chi connectivity index (χ0v) is 16.6. The van der Waals surface area contributed by atoms with Gasteiger partial charge in [0.25, 0.3) is 0 Å². The first kappa shape index (κ1) is 19.0. The molecule has 0 aromatic carbocycles. The lowest BCUT2D eigenvalue weighted by molar-refractivity contribution is -0.136. The number of hydrogen-bond acceptors (Lipinski definition) is 5. The second-order valence-corrected chi connectivity index (χ2v) is 8.49. The fraction of sp³-hybridized carbons (Fsp3) is 0.632. The summed E-state index contributed by atoms with van der Waals surface area (Å²) in [6.45, 7) is 4.49. The van der Waals surface area contributed by atoms with E-state index < -0.39 is 0 Å².